The van der Waals surface area contributed by atoms with E-state index in [-0.39, 0.29) is 5.56 Å². The third kappa shape index (κ3) is 6.85. The molecule has 0 N–H and O–H groups in total. The lowest BCUT2D eigenvalue weighted by Crippen LogP contribution is -2.00. The van der Waals surface area contributed by atoms with Gasteiger partial charge in [0.1, 0.15) is 29.2 Å². The first-order valence-electron chi connectivity index (χ1n) is 12.0. The Morgan fingerprint density at radius 1 is 0.943 bits per heavy atom. The van der Waals surface area contributed by atoms with Gasteiger partial charge in [0.05, 0.1) is 17.4 Å². The normalized spacial score (nSPS) is 15.4. The highest BCUT2D eigenvalue weighted by Gasteiger charge is 2.23. The molecule has 7 nitrogen and oxygen atoms in total. The van der Waals surface area contributed by atoms with Crippen LogP contribution in [-0.2, 0) is 4.74 Å². The minimum Gasteiger partial charge on any atom is -0.381 e. The number of hydrogen-bond donors (Lipinski definition) is 0. The molecule has 4 aromatic rings. The van der Waals surface area contributed by atoms with Gasteiger partial charge in [0.2, 0.25) is 0 Å². The average molecular weight is 481 g/mol. The number of halogens is 2. The van der Waals surface area contributed by atoms with Gasteiger partial charge < -0.3 is 4.74 Å². The van der Waals surface area contributed by atoms with Crippen LogP contribution in [0.5, 0.6) is 0 Å². The molecular formula is C26H30F2N6O. The molecule has 1 saturated carbocycles. The van der Waals surface area contributed by atoms with E-state index in [0.717, 1.165) is 36.7 Å². The van der Waals surface area contributed by atoms with Crippen molar-refractivity contribution in [3.63, 3.8) is 0 Å². The molecule has 1 aliphatic heterocycles. The van der Waals surface area contributed by atoms with E-state index in [1.807, 2.05) is 30.1 Å². The highest BCUT2D eigenvalue weighted by Crippen LogP contribution is 2.33. The van der Waals surface area contributed by atoms with Crippen LogP contribution in [-0.4, -0.2) is 42.9 Å². The van der Waals surface area contributed by atoms with Crippen molar-refractivity contribution in [1.29, 1.82) is 0 Å². The molecule has 1 aromatic carbocycles. The lowest BCUT2D eigenvalue weighted by molar-refractivity contribution is 0.144. The van der Waals surface area contributed by atoms with Crippen molar-refractivity contribution in [1.82, 2.24) is 29.7 Å². The summed E-state index contributed by atoms with van der Waals surface area (Å²) >= 11 is 0. The second kappa shape index (κ2) is 11.9. The Kier molecular flexibility index (Phi) is 8.41. The molecule has 0 spiro atoms. The Hall–Kier alpha value is -3.33. The van der Waals surface area contributed by atoms with E-state index in [4.69, 9.17) is 4.74 Å². The molecule has 0 unspecified atom stereocenters. The van der Waals surface area contributed by atoms with Gasteiger partial charge in [-0.1, -0.05) is 12.8 Å². The molecule has 0 atom stereocenters. The van der Waals surface area contributed by atoms with Gasteiger partial charge in [0.15, 0.2) is 5.65 Å². The van der Waals surface area contributed by atoms with Gasteiger partial charge in [-0.05, 0) is 57.7 Å². The number of rotatable bonds is 2. The average Bonchev–Trinajstić information content (AvgIpc) is 3.63. The molecule has 3 aromatic heterocycles. The van der Waals surface area contributed by atoms with Gasteiger partial charge in [-0.2, -0.15) is 5.10 Å². The molecule has 6 rings (SSSR count). The Labute approximate surface area is 203 Å². The summed E-state index contributed by atoms with van der Waals surface area (Å²) in [7, 11) is 0. The second-order valence-electron chi connectivity index (χ2n) is 8.66. The van der Waals surface area contributed by atoms with Crippen LogP contribution in [0.2, 0.25) is 0 Å². The summed E-state index contributed by atoms with van der Waals surface area (Å²) in [6.45, 7) is 5.63. The zero-order valence-electron chi connectivity index (χ0n) is 20.1. The van der Waals surface area contributed by atoms with Crippen LogP contribution < -0.4 is 0 Å². The van der Waals surface area contributed by atoms with Gasteiger partial charge >= 0.3 is 0 Å². The predicted octanol–water partition coefficient (Wildman–Crippen LogP) is 5.78. The summed E-state index contributed by atoms with van der Waals surface area (Å²) in [4.78, 5) is 16.8. The van der Waals surface area contributed by atoms with Crippen LogP contribution >= 0.6 is 0 Å². The van der Waals surface area contributed by atoms with E-state index < -0.39 is 11.6 Å². The topological polar surface area (TPSA) is 78.6 Å². The maximum Gasteiger partial charge on any atom is 0.182 e. The van der Waals surface area contributed by atoms with Crippen LogP contribution in [0.15, 0.2) is 43.0 Å². The first kappa shape index (κ1) is 24.8. The maximum atomic E-state index is 13.9. The van der Waals surface area contributed by atoms with E-state index in [2.05, 4.69) is 25.0 Å². The molecule has 35 heavy (non-hydrogen) atoms. The molecule has 2 fully saturated rings. The minimum absolute atomic E-state index is 0.177. The van der Waals surface area contributed by atoms with Gasteiger partial charge in [0, 0.05) is 37.2 Å². The zero-order chi connectivity index (χ0) is 24.6. The largest absolute Gasteiger partial charge is 0.381 e. The van der Waals surface area contributed by atoms with Crippen LogP contribution in [0, 0.1) is 25.5 Å². The van der Waals surface area contributed by atoms with Crippen molar-refractivity contribution in [3.8, 4) is 11.3 Å². The van der Waals surface area contributed by atoms with Gasteiger partial charge in [-0.25, -0.2) is 28.7 Å². The predicted molar refractivity (Wildman–Crippen MR) is 130 cm³/mol. The number of aromatic nitrogens is 6. The lowest BCUT2D eigenvalue weighted by Gasteiger charge is -2.07. The first-order chi connectivity index (χ1) is 17.0. The van der Waals surface area contributed by atoms with Gasteiger partial charge in [0.25, 0.3) is 0 Å². The molecule has 2 aliphatic rings. The number of nitrogens with zero attached hydrogens (tertiary/aromatic N) is 6. The van der Waals surface area contributed by atoms with Crippen LogP contribution in [0.3, 0.4) is 0 Å². The number of fused-ring (bicyclic) bond motifs is 1. The van der Waals surface area contributed by atoms with Crippen molar-refractivity contribution < 1.29 is 13.5 Å². The molecule has 1 saturated heterocycles. The van der Waals surface area contributed by atoms with E-state index in [1.54, 1.807) is 6.92 Å². The summed E-state index contributed by atoms with van der Waals surface area (Å²) < 4.78 is 34.1. The Balaban J connectivity index is 0.000000156. The molecular weight excluding hydrogens is 450 g/mol. The van der Waals surface area contributed by atoms with E-state index in [9.17, 15) is 8.78 Å². The Morgan fingerprint density at radius 3 is 2.34 bits per heavy atom. The summed E-state index contributed by atoms with van der Waals surface area (Å²) in [5, 5.41) is 4.09. The van der Waals surface area contributed by atoms with E-state index in [0.29, 0.717) is 16.9 Å². The second-order valence-corrected chi connectivity index (χ2v) is 8.66. The van der Waals surface area contributed by atoms with E-state index >= 15 is 0 Å². The number of aryl methyl sites for hydroxylation is 2. The van der Waals surface area contributed by atoms with Crippen molar-refractivity contribution in [2.45, 2.75) is 58.4 Å². The standard InChI is InChI=1S/C14H10F2N4.C6H8N2.C6H12O/c1-7-8(2)20-14-13(19-7)12(17-6-18-14)10-4-3-9(15)5-11(10)16;1-4-7-8(5-1)6-2-3-6;1-2-4-6-7-5-3-1/h3-6H,1-2H3;1,4-6H,2-3H2;1-6H2. The van der Waals surface area contributed by atoms with Crippen LogP contribution in [0.1, 0.15) is 56.0 Å². The van der Waals surface area contributed by atoms with Crippen molar-refractivity contribution in [3.05, 3.63) is 66.0 Å². The summed E-state index contributed by atoms with van der Waals surface area (Å²) in [5.41, 5.74) is 2.75. The molecule has 1 aliphatic carbocycles. The van der Waals surface area contributed by atoms with Gasteiger partial charge in [-0.15, -0.1) is 0 Å². The fourth-order valence-electron chi connectivity index (χ4n) is 3.62. The quantitative estimate of drug-likeness (QED) is 0.362. The third-order valence-electron chi connectivity index (χ3n) is 5.84. The van der Waals surface area contributed by atoms with Crippen LogP contribution in [0.4, 0.5) is 8.78 Å². The Morgan fingerprint density at radius 2 is 1.69 bits per heavy atom. The SMILES string of the molecule is C1CCCOCC1.Cc1nc2ncnc(-c3ccc(F)cc3F)c2nc1C.c1cnn(C2CC2)c1. The fraction of sp³-hybridized carbons (Fsp3) is 0.423. The highest BCUT2D eigenvalue weighted by molar-refractivity contribution is 5.86. The molecule has 9 heteroatoms. The number of benzene rings is 1. The summed E-state index contributed by atoms with van der Waals surface area (Å²) in [5.74, 6) is -1.33. The highest BCUT2D eigenvalue weighted by atomic mass is 19.1. The zero-order valence-corrected chi connectivity index (χ0v) is 20.1. The molecule has 4 heterocycles. The number of hydrogen-bond acceptors (Lipinski definition) is 6. The van der Waals surface area contributed by atoms with Crippen molar-refractivity contribution >= 4 is 11.2 Å². The third-order valence-corrected chi connectivity index (χ3v) is 5.84. The van der Waals surface area contributed by atoms with Crippen LogP contribution in [0.25, 0.3) is 22.4 Å². The van der Waals surface area contributed by atoms with Crippen molar-refractivity contribution in [2.75, 3.05) is 13.2 Å². The molecule has 0 radical (unpaired) electrons. The molecule has 0 bridgehead atoms. The smallest absolute Gasteiger partial charge is 0.182 e. The number of ether oxygens (including phenoxy) is 1. The fourth-order valence-corrected chi connectivity index (χ4v) is 3.62. The maximum absolute atomic E-state index is 13.9. The molecule has 0 amide bonds. The first-order valence-corrected chi connectivity index (χ1v) is 12.0. The lowest BCUT2D eigenvalue weighted by atomic mass is 10.1. The molecule has 184 valence electrons. The summed E-state index contributed by atoms with van der Waals surface area (Å²) in [6.07, 6.45) is 13.1. The Bertz CT molecular complexity index is 1220. The van der Waals surface area contributed by atoms with Crippen molar-refractivity contribution in [2.24, 2.45) is 0 Å². The van der Waals surface area contributed by atoms with E-state index in [1.165, 1.54) is 57.0 Å². The summed E-state index contributed by atoms with van der Waals surface area (Å²) in [6, 6.07) is 6.05. The van der Waals surface area contributed by atoms with Gasteiger partial charge in [-0.3, -0.25) is 4.68 Å². The minimum atomic E-state index is -0.690. The monoisotopic (exact) mass is 480 g/mol.